The minimum atomic E-state index is -0.0594. The fourth-order valence-electron chi connectivity index (χ4n) is 2.92. The van der Waals surface area contributed by atoms with Crippen molar-refractivity contribution in [3.05, 3.63) is 71.8 Å². The Bertz CT molecular complexity index is 790. The number of aromatic nitrogens is 1. The van der Waals surface area contributed by atoms with Gasteiger partial charge in [0.1, 0.15) is 5.82 Å². The Balaban J connectivity index is 1.82. The fourth-order valence-corrected chi connectivity index (χ4v) is 2.92. The molecule has 2 aromatic carbocycles. The van der Waals surface area contributed by atoms with Gasteiger partial charge in [-0.05, 0) is 24.1 Å². The number of benzene rings is 2. The summed E-state index contributed by atoms with van der Waals surface area (Å²) in [5, 5.41) is 23.4. The van der Waals surface area contributed by atoms with Crippen LogP contribution in [0.25, 0.3) is 10.9 Å². The van der Waals surface area contributed by atoms with Crippen LogP contribution >= 0.6 is 0 Å². The van der Waals surface area contributed by atoms with Crippen LogP contribution in [-0.2, 0) is 6.61 Å². The predicted octanol–water partition coefficient (Wildman–Crippen LogP) is 3.31. The second kappa shape index (κ2) is 7.90. The number of pyridine rings is 1. The van der Waals surface area contributed by atoms with Gasteiger partial charge in [0, 0.05) is 30.0 Å². The summed E-state index contributed by atoms with van der Waals surface area (Å²) in [4.78, 5) is 4.64. The summed E-state index contributed by atoms with van der Waals surface area (Å²) in [6.45, 7) is 0.734. The van der Waals surface area contributed by atoms with Crippen LogP contribution in [0, 0.1) is 0 Å². The topological polar surface area (TPSA) is 65.4 Å². The molecule has 4 heteroatoms. The van der Waals surface area contributed by atoms with Crippen LogP contribution in [0.1, 0.15) is 23.5 Å². The second-order valence-electron chi connectivity index (χ2n) is 5.85. The minimum absolute atomic E-state index is 0.0594. The molecule has 0 saturated carbocycles. The normalized spacial score (nSPS) is 12.2. The summed E-state index contributed by atoms with van der Waals surface area (Å²) < 4.78 is 0. The predicted molar refractivity (Wildman–Crippen MR) is 97.0 cm³/mol. The Morgan fingerprint density at radius 3 is 2.46 bits per heavy atom. The van der Waals surface area contributed by atoms with E-state index in [1.165, 1.54) is 5.56 Å². The van der Waals surface area contributed by atoms with E-state index < -0.39 is 0 Å². The molecule has 3 aromatic rings. The lowest BCUT2D eigenvalue weighted by Crippen LogP contribution is -2.16. The number of rotatable bonds is 7. The van der Waals surface area contributed by atoms with Crippen LogP contribution in [0.5, 0.6) is 0 Å². The molecule has 0 fully saturated rings. The number of hydrogen-bond acceptors (Lipinski definition) is 4. The highest BCUT2D eigenvalue weighted by Gasteiger charge is 2.13. The summed E-state index contributed by atoms with van der Waals surface area (Å²) in [5.41, 5.74) is 2.87. The van der Waals surface area contributed by atoms with E-state index in [1.54, 1.807) is 0 Å². The van der Waals surface area contributed by atoms with Crippen LogP contribution in [-0.4, -0.2) is 28.3 Å². The molecule has 0 amide bonds. The van der Waals surface area contributed by atoms with Gasteiger partial charge in [0.05, 0.1) is 12.1 Å². The third-order valence-corrected chi connectivity index (χ3v) is 4.24. The van der Waals surface area contributed by atoms with Crippen molar-refractivity contribution in [1.82, 2.24) is 4.98 Å². The number of para-hydroxylation sites is 1. The molecule has 0 radical (unpaired) electrons. The SMILES string of the molecule is OCCC(CNc1nc2ccccc2cc1CO)c1ccccc1. The standard InChI is InChI=1S/C20H22N2O2/c23-11-10-17(15-6-2-1-3-7-15)13-21-20-18(14-24)12-16-8-4-5-9-19(16)22-20/h1-9,12,17,23-24H,10-11,13-14H2,(H,21,22). The first-order valence-electron chi connectivity index (χ1n) is 8.21. The smallest absolute Gasteiger partial charge is 0.132 e. The van der Waals surface area contributed by atoms with Crippen molar-refractivity contribution in [1.29, 1.82) is 0 Å². The molecule has 0 bridgehead atoms. The largest absolute Gasteiger partial charge is 0.396 e. The maximum Gasteiger partial charge on any atom is 0.132 e. The van der Waals surface area contributed by atoms with Gasteiger partial charge >= 0.3 is 0 Å². The molecule has 0 saturated heterocycles. The van der Waals surface area contributed by atoms with E-state index in [0.717, 1.165) is 16.5 Å². The van der Waals surface area contributed by atoms with Gasteiger partial charge in [0.2, 0.25) is 0 Å². The molecule has 0 aliphatic heterocycles. The van der Waals surface area contributed by atoms with Gasteiger partial charge in [-0.1, -0.05) is 48.5 Å². The number of nitrogens with zero attached hydrogens (tertiary/aromatic N) is 1. The lowest BCUT2D eigenvalue weighted by atomic mass is 9.96. The molecular weight excluding hydrogens is 300 g/mol. The van der Waals surface area contributed by atoms with Crippen molar-refractivity contribution in [3.8, 4) is 0 Å². The highest BCUT2D eigenvalue weighted by Crippen LogP contribution is 2.23. The summed E-state index contributed by atoms with van der Waals surface area (Å²) in [5.74, 6) is 0.895. The minimum Gasteiger partial charge on any atom is -0.396 e. The Morgan fingerprint density at radius 1 is 0.958 bits per heavy atom. The molecule has 3 N–H and O–H groups in total. The molecule has 4 nitrogen and oxygen atoms in total. The number of aliphatic hydroxyl groups excluding tert-OH is 2. The van der Waals surface area contributed by atoms with E-state index in [1.807, 2.05) is 48.5 Å². The van der Waals surface area contributed by atoms with Crippen LogP contribution in [0.3, 0.4) is 0 Å². The van der Waals surface area contributed by atoms with Crippen molar-refractivity contribution in [2.24, 2.45) is 0 Å². The summed E-state index contributed by atoms with van der Waals surface area (Å²) in [6.07, 6.45) is 0.680. The zero-order chi connectivity index (χ0) is 16.8. The highest BCUT2D eigenvalue weighted by molar-refractivity contribution is 5.81. The third-order valence-electron chi connectivity index (χ3n) is 4.24. The number of hydrogen-bond donors (Lipinski definition) is 3. The average Bonchev–Trinajstić information content (AvgIpc) is 2.65. The Kier molecular flexibility index (Phi) is 5.41. The molecule has 1 unspecified atom stereocenters. The first-order chi connectivity index (χ1) is 11.8. The lowest BCUT2D eigenvalue weighted by molar-refractivity contribution is 0.276. The maximum absolute atomic E-state index is 9.64. The van der Waals surface area contributed by atoms with Crippen molar-refractivity contribution >= 4 is 16.7 Å². The van der Waals surface area contributed by atoms with Gasteiger partial charge in [0.25, 0.3) is 0 Å². The number of aliphatic hydroxyl groups is 2. The molecule has 1 aromatic heterocycles. The number of anilines is 1. The number of fused-ring (bicyclic) bond motifs is 1. The van der Waals surface area contributed by atoms with Crippen molar-refractivity contribution in [2.45, 2.75) is 18.9 Å². The molecule has 0 aliphatic carbocycles. The Morgan fingerprint density at radius 2 is 1.71 bits per heavy atom. The maximum atomic E-state index is 9.64. The zero-order valence-electron chi connectivity index (χ0n) is 13.5. The summed E-state index contributed by atoms with van der Waals surface area (Å²) in [6, 6.07) is 20.0. The fraction of sp³-hybridized carbons (Fsp3) is 0.250. The van der Waals surface area contributed by atoms with E-state index in [-0.39, 0.29) is 19.1 Å². The summed E-state index contributed by atoms with van der Waals surface area (Å²) >= 11 is 0. The van der Waals surface area contributed by atoms with E-state index >= 15 is 0 Å². The highest BCUT2D eigenvalue weighted by atomic mass is 16.3. The van der Waals surface area contributed by atoms with Gasteiger partial charge in [-0.3, -0.25) is 0 Å². The van der Waals surface area contributed by atoms with E-state index in [4.69, 9.17) is 0 Å². The quantitative estimate of drug-likeness (QED) is 0.624. The summed E-state index contributed by atoms with van der Waals surface area (Å²) in [7, 11) is 0. The molecule has 3 rings (SSSR count). The monoisotopic (exact) mass is 322 g/mol. The van der Waals surface area contributed by atoms with Crippen LogP contribution in [0.4, 0.5) is 5.82 Å². The van der Waals surface area contributed by atoms with E-state index in [0.29, 0.717) is 18.8 Å². The van der Waals surface area contributed by atoms with Crippen molar-refractivity contribution in [2.75, 3.05) is 18.5 Å². The van der Waals surface area contributed by atoms with Gasteiger partial charge in [-0.15, -0.1) is 0 Å². The third kappa shape index (κ3) is 3.72. The van der Waals surface area contributed by atoms with Gasteiger partial charge in [-0.2, -0.15) is 0 Å². The lowest BCUT2D eigenvalue weighted by Gasteiger charge is -2.19. The zero-order valence-corrected chi connectivity index (χ0v) is 13.5. The van der Waals surface area contributed by atoms with Crippen LogP contribution in [0.15, 0.2) is 60.7 Å². The first-order valence-corrected chi connectivity index (χ1v) is 8.21. The molecule has 0 aliphatic rings. The van der Waals surface area contributed by atoms with Crippen molar-refractivity contribution < 1.29 is 10.2 Å². The Labute approximate surface area is 141 Å². The Hall–Kier alpha value is -2.43. The van der Waals surface area contributed by atoms with E-state index in [2.05, 4.69) is 22.4 Å². The second-order valence-corrected chi connectivity index (χ2v) is 5.85. The van der Waals surface area contributed by atoms with Crippen molar-refractivity contribution in [3.63, 3.8) is 0 Å². The van der Waals surface area contributed by atoms with E-state index in [9.17, 15) is 10.2 Å². The van der Waals surface area contributed by atoms with Gasteiger partial charge in [0.15, 0.2) is 0 Å². The molecule has 24 heavy (non-hydrogen) atoms. The first kappa shape index (κ1) is 16.4. The number of nitrogens with one attached hydrogen (secondary N) is 1. The van der Waals surface area contributed by atoms with Gasteiger partial charge in [-0.25, -0.2) is 4.98 Å². The molecular formula is C20H22N2O2. The molecule has 124 valence electrons. The van der Waals surface area contributed by atoms with Gasteiger partial charge < -0.3 is 15.5 Å². The molecule has 0 spiro atoms. The van der Waals surface area contributed by atoms with Crippen LogP contribution in [0.2, 0.25) is 0 Å². The average molecular weight is 322 g/mol. The van der Waals surface area contributed by atoms with Crippen LogP contribution < -0.4 is 5.32 Å². The molecule has 1 atom stereocenters. The molecule has 1 heterocycles.